The van der Waals surface area contributed by atoms with E-state index in [9.17, 15) is 9.90 Å². The zero-order chi connectivity index (χ0) is 14.4. The minimum absolute atomic E-state index is 0.283. The third-order valence-electron chi connectivity index (χ3n) is 2.65. The van der Waals surface area contributed by atoms with E-state index in [1.807, 2.05) is 0 Å². The van der Waals surface area contributed by atoms with Gasteiger partial charge in [-0.05, 0) is 12.1 Å². The Morgan fingerprint density at radius 3 is 2.26 bits per heavy atom. The van der Waals surface area contributed by atoms with Crippen LogP contribution < -0.4 is 9.47 Å². The number of rotatable bonds is 6. The molecule has 19 heavy (non-hydrogen) atoms. The highest BCUT2D eigenvalue weighted by atomic mass is 16.5. The second-order valence-corrected chi connectivity index (χ2v) is 3.76. The largest absolute Gasteiger partial charge is 0.496 e. The standard InChI is InChI=1S/C13H18O6/c1-16-7-8-5-11(18-3)9(6-10(8)17-2)12(14)13(15)19-4/h5-6,12,14H,7H2,1-4H3. The van der Waals surface area contributed by atoms with Gasteiger partial charge in [0, 0.05) is 18.2 Å². The molecule has 0 aliphatic carbocycles. The fraction of sp³-hybridized carbons (Fsp3) is 0.462. The minimum atomic E-state index is -1.43. The van der Waals surface area contributed by atoms with Crippen molar-refractivity contribution in [2.24, 2.45) is 0 Å². The minimum Gasteiger partial charge on any atom is -0.496 e. The fourth-order valence-electron chi connectivity index (χ4n) is 1.71. The van der Waals surface area contributed by atoms with Gasteiger partial charge < -0.3 is 24.1 Å². The second-order valence-electron chi connectivity index (χ2n) is 3.76. The first-order valence-electron chi connectivity index (χ1n) is 5.58. The number of carbonyl (C=O) groups is 1. The maximum Gasteiger partial charge on any atom is 0.339 e. The van der Waals surface area contributed by atoms with E-state index in [0.29, 0.717) is 18.1 Å². The first kappa shape index (κ1) is 15.3. The molecule has 106 valence electrons. The van der Waals surface area contributed by atoms with Crippen LogP contribution in [0.3, 0.4) is 0 Å². The summed E-state index contributed by atoms with van der Waals surface area (Å²) in [5, 5.41) is 9.90. The van der Waals surface area contributed by atoms with Crippen LogP contribution in [0.4, 0.5) is 0 Å². The van der Waals surface area contributed by atoms with Gasteiger partial charge in [-0.25, -0.2) is 4.79 Å². The number of aliphatic hydroxyl groups is 1. The van der Waals surface area contributed by atoms with Crippen molar-refractivity contribution in [1.29, 1.82) is 0 Å². The highest BCUT2D eigenvalue weighted by Crippen LogP contribution is 2.33. The molecule has 0 aliphatic heterocycles. The first-order chi connectivity index (χ1) is 9.08. The molecule has 0 bridgehead atoms. The van der Waals surface area contributed by atoms with Gasteiger partial charge in [-0.15, -0.1) is 0 Å². The van der Waals surface area contributed by atoms with Crippen LogP contribution in [0.25, 0.3) is 0 Å². The average Bonchev–Trinajstić information content (AvgIpc) is 2.45. The van der Waals surface area contributed by atoms with Gasteiger partial charge >= 0.3 is 5.97 Å². The Hall–Kier alpha value is -1.79. The SMILES string of the molecule is COCc1cc(OC)c(C(O)C(=O)OC)cc1OC. The molecule has 1 atom stereocenters. The number of hydrogen-bond donors (Lipinski definition) is 1. The van der Waals surface area contributed by atoms with E-state index in [1.165, 1.54) is 27.4 Å². The average molecular weight is 270 g/mol. The quantitative estimate of drug-likeness (QED) is 0.779. The predicted molar refractivity (Wildman–Crippen MR) is 67.2 cm³/mol. The van der Waals surface area contributed by atoms with Crippen molar-refractivity contribution < 1.29 is 28.8 Å². The van der Waals surface area contributed by atoms with E-state index in [-0.39, 0.29) is 5.56 Å². The Morgan fingerprint density at radius 1 is 1.16 bits per heavy atom. The van der Waals surface area contributed by atoms with Gasteiger partial charge in [-0.3, -0.25) is 0 Å². The van der Waals surface area contributed by atoms with E-state index in [2.05, 4.69) is 4.74 Å². The summed E-state index contributed by atoms with van der Waals surface area (Å²) in [5.74, 6) is 0.103. The van der Waals surface area contributed by atoms with E-state index in [4.69, 9.17) is 14.2 Å². The molecule has 0 aromatic heterocycles. The van der Waals surface area contributed by atoms with Gasteiger partial charge in [0.15, 0.2) is 6.10 Å². The maximum absolute atomic E-state index is 11.4. The highest BCUT2D eigenvalue weighted by molar-refractivity contribution is 5.77. The molecular formula is C13H18O6. The number of esters is 1. The van der Waals surface area contributed by atoms with Gasteiger partial charge in [0.05, 0.1) is 27.9 Å². The van der Waals surface area contributed by atoms with Crippen LogP contribution >= 0.6 is 0 Å². The highest BCUT2D eigenvalue weighted by Gasteiger charge is 2.24. The van der Waals surface area contributed by atoms with Crippen molar-refractivity contribution in [3.8, 4) is 11.5 Å². The molecule has 0 aliphatic rings. The molecule has 0 radical (unpaired) electrons. The van der Waals surface area contributed by atoms with Gasteiger partial charge in [-0.2, -0.15) is 0 Å². The summed E-state index contributed by atoms with van der Waals surface area (Å²) >= 11 is 0. The zero-order valence-electron chi connectivity index (χ0n) is 11.4. The monoisotopic (exact) mass is 270 g/mol. The topological polar surface area (TPSA) is 74.2 Å². The van der Waals surface area contributed by atoms with Crippen molar-refractivity contribution >= 4 is 5.97 Å². The summed E-state index contributed by atoms with van der Waals surface area (Å²) in [6.07, 6.45) is -1.43. The summed E-state index contributed by atoms with van der Waals surface area (Å²) in [4.78, 5) is 11.4. The number of ether oxygens (including phenoxy) is 4. The van der Waals surface area contributed by atoms with E-state index in [1.54, 1.807) is 13.2 Å². The van der Waals surface area contributed by atoms with E-state index < -0.39 is 12.1 Å². The number of benzene rings is 1. The molecule has 1 rings (SSSR count). The molecule has 1 aromatic carbocycles. The number of methoxy groups -OCH3 is 4. The molecule has 1 unspecified atom stereocenters. The first-order valence-corrected chi connectivity index (χ1v) is 5.58. The molecule has 0 heterocycles. The Kier molecular flexibility index (Phi) is 5.59. The molecule has 0 saturated carbocycles. The van der Waals surface area contributed by atoms with Crippen molar-refractivity contribution in [3.05, 3.63) is 23.3 Å². The number of aliphatic hydroxyl groups excluding tert-OH is 1. The molecular weight excluding hydrogens is 252 g/mol. The van der Waals surface area contributed by atoms with E-state index in [0.717, 1.165) is 5.56 Å². The molecule has 1 N–H and O–H groups in total. The van der Waals surface area contributed by atoms with Crippen LogP contribution in [-0.2, 0) is 20.9 Å². The fourth-order valence-corrected chi connectivity index (χ4v) is 1.71. The Balaban J connectivity index is 3.27. The lowest BCUT2D eigenvalue weighted by atomic mass is 10.0. The van der Waals surface area contributed by atoms with Crippen LogP contribution in [0, 0.1) is 0 Å². The van der Waals surface area contributed by atoms with Crippen LogP contribution in [0.15, 0.2) is 12.1 Å². The lowest BCUT2D eigenvalue weighted by Crippen LogP contribution is -2.15. The summed E-state index contributed by atoms with van der Waals surface area (Å²) in [6.45, 7) is 0.328. The number of carbonyl (C=O) groups excluding carboxylic acids is 1. The number of hydrogen-bond acceptors (Lipinski definition) is 6. The second kappa shape index (κ2) is 6.96. The predicted octanol–water partition coefficient (Wildman–Crippen LogP) is 1.06. The molecule has 0 saturated heterocycles. The summed E-state index contributed by atoms with van der Waals surface area (Å²) in [5.41, 5.74) is 1.04. The maximum atomic E-state index is 11.4. The van der Waals surface area contributed by atoms with Crippen LogP contribution in [0.1, 0.15) is 17.2 Å². The van der Waals surface area contributed by atoms with Gasteiger partial charge in [0.25, 0.3) is 0 Å². The smallest absolute Gasteiger partial charge is 0.339 e. The van der Waals surface area contributed by atoms with E-state index >= 15 is 0 Å². The summed E-state index contributed by atoms with van der Waals surface area (Å²) in [7, 11) is 5.71. The molecule has 0 fully saturated rings. The van der Waals surface area contributed by atoms with Crippen LogP contribution in [0.2, 0.25) is 0 Å². The van der Waals surface area contributed by atoms with Gasteiger partial charge in [0.1, 0.15) is 11.5 Å². The van der Waals surface area contributed by atoms with Crippen molar-refractivity contribution in [2.45, 2.75) is 12.7 Å². The summed E-state index contributed by atoms with van der Waals surface area (Å²) in [6, 6.07) is 3.19. The normalized spacial score (nSPS) is 11.8. The molecule has 0 amide bonds. The molecule has 6 heteroatoms. The van der Waals surface area contributed by atoms with Crippen molar-refractivity contribution in [1.82, 2.24) is 0 Å². The molecule has 0 spiro atoms. The van der Waals surface area contributed by atoms with Crippen molar-refractivity contribution in [3.63, 3.8) is 0 Å². The zero-order valence-corrected chi connectivity index (χ0v) is 11.4. The molecule has 1 aromatic rings. The molecule has 6 nitrogen and oxygen atoms in total. The van der Waals surface area contributed by atoms with Crippen molar-refractivity contribution in [2.75, 3.05) is 28.4 Å². The third-order valence-corrected chi connectivity index (χ3v) is 2.65. The lowest BCUT2D eigenvalue weighted by Gasteiger charge is -2.17. The summed E-state index contributed by atoms with van der Waals surface area (Å²) < 4.78 is 19.9. The Bertz CT molecular complexity index is 443. The third kappa shape index (κ3) is 3.36. The lowest BCUT2D eigenvalue weighted by molar-refractivity contribution is -0.150. The van der Waals surface area contributed by atoms with Crippen LogP contribution in [-0.4, -0.2) is 39.5 Å². The van der Waals surface area contributed by atoms with Crippen LogP contribution in [0.5, 0.6) is 11.5 Å². The Morgan fingerprint density at radius 2 is 1.79 bits per heavy atom. The van der Waals surface area contributed by atoms with Gasteiger partial charge in [-0.1, -0.05) is 0 Å². The van der Waals surface area contributed by atoms with Gasteiger partial charge in [0.2, 0.25) is 0 Å². The Labute approximate surface area is 111 Å².